The molecule has 2 N–H and O–H groups in total. The summed E-state index contributed by atoms with van der Waals surface area (Å²) in [6.07, 6.45) is 0.389. The molecule has 1 rings (SSSR count). The van der Waals surface area contributed by atoms with Crippen LogP contribution < -0.4 is 10.7 Å². The number of nitrogens with one attached hydrogen (secondary N) is 2. The fourth-order valence-corrected chi connectivity index (χ4v) is 1.25. The molecule has 1 aromatic carbocycles. The first-order valence-electron chi connectivity index (χ1n) is 5.88. The van der Waals surface area contributed by atoms with Crippen molar-refractivity contribution in [3.8, 4) is 0 Å². The Morgan fingerprint density at radius 1 is 1.21 bits per heavy atom. The zero-order valence-corrected chi connectivity index (χ0v) is 10.9. The first-order valence-corrected chi connectivity index (χ1v) is 5.88. The maximum absolute atomic E-state index is 12.7. The number of rotatable bonds is 5. The van der Waals surface area contributed by atoms with E-state index < -0.39 is 0 Å². The van der Waals surface area contributed by atoms with E-state index >= 15 is 0 Å². The van der Waals surface area contributed by atoms with Crippen LogP contribution in [-0.4, -0.2) is 17.5 Å². The van der Waals surface area contributed by atoms with Crippen molar-refractivity contribution < 1.29 is 14.0 Å². The Morgan fingerprint density at radius 3 is 2.42 bits per heavy atom. The summed E-state index contributed by atoms with van der Waals surface area (Å²) in [5.74, 6) is -0.852. The zero-order chi connectivity index (χ0) is 14.3. The van der Waals surface area contributed by atoms with Crippen LogP contribution in [0.2, 0.25) is 0 Å². The second kappa shape index (κ2) is 7.25. The van der Waals surface area contributed by atoms with Crippen molar-refractivity contribution >= 4 is 23.2 Å². The molecule has 0 bridgehead atoms. The smallest absolute Gasteiger partial charge is 0.239 e. The van der Waals surface area contributed by atoms with Gasteiger partial charge < -0.3 is 5.32 Å². The molecule has 19 heavy (non-hydrogen) atoms. The Bertz CT molecular complexity index is 483. The van der Waals surface area contributed by atoms with Gasteiger partial charge in [0.15, 0.2) is 0 Å². The van der Waals surface area contributed by atoms with Gasteiger partial charge >= 0.3 is 0 Å². The molecule has 0 aliphatic carbocycles. The second-order valence-corrected chi connectivity index (χ2v) is 3.97. The highest BCUT2D eigenvalue weighted by molar-refractivity contribution is 6.05. The van der Waals surface area contributed by atoms with Crippen molar-refractivity contribution in [2.75, 3.05) is 5.32 Å². The molecule has 0 saturated heterocycles. The summed E-state index contributed by atoms with van der Waals surface area (Å²) in [5.41, 5.74) is 3.33. The maximum Gasteiger partial charge on any atom is 0.239 e. The number of nitrogens with zero attached hydrogens (tertiary/aromatic N) is 1. The third-order valence-corrected chi connectivity index (χ3v) is 2.24. The highest BCUT2D eigenvalue weighted by Crippen LogP contribution is 2.08. The lowest BCUT2D eigenvalue weighted by Gasteiger charge is -2.05. The van der Waals surface area contributed by atoms with Gasteiger partial charge in [0.1, 0.15) is 5.82 Å². The third-order valence-electron chi connectivity index (χ3n) is 2.24. The first-order chi connectivity index (χ1) is 9.01. The van der Waals surface area contributed by atoms with Crippen LogP contribution >= 0.6 is 0 Å². The third kappa shape index (κ3) is 5.76. The van der Waals surface area contributed by atoms with Gasteiger partial charge in [-0.05, 0) is 31.2 Å². The number of amides is 2. The molecule has 0 unspecified atom stereocenters. The van der Waals surface area contributed by atoms with Crippen LogP contribution in [0.1, 0.15) is 26.7 Å². The summed E-state index contributed by atoms with van der Waals surface area (Å²) in [6, 6.07) is 5.47. The summed E-state index contributed by atoms with van der Waals surface area (Å²) in [6.45, 7) is 3.35. The number of carbonyl (C=O) groups excluding carboxylic acids is 2. The van der Waals surface area contributed by atoms with E-state index in [1.54, 1.807) is 13.8 Å². The predicted molar refractivity (Wildman–Crippen MR) is 71.2 cm³/mol. The van der Waals surface area contributed by atoms with Crippen molar-refractivity contribution in [2.24, 2.45) is 5.10 Å². The van der Waals surface area contributed by atoms with Crippen LogP contribution in [-0.2, 0) is 9.59 Å². The minimum absolute atomic E-state index is 0.0569. The molecule has 0 radical (unpaired) electrons. The SMILES string of the molecule is CCC(=O)N/N=C(\C)CC(=O)Nc1ccc(F)cc1. The lowest BCUT2D eigenvalue weighted by Crippen LogP contribution is -2.20. The summed E-state index contributed by atoms with van der Waals surface area (Å²) in [5, 5.41) is 6.39. The second-order valence-electron chi connectivity index (χ2n) is 3.97. The Kier molecular flexibility index (Phi) is 5.66. The van der Waals surface area contributed by atoms with Gasteiger partial charge in [0, 0.05) is 17.8 Å². The van der Waals surface area contributed by atoms with Crippen LogP contribution in [0.4, 0.5) is 10.1 Å². The van der Waals surface area contributed by atoms with Crippen molar-refractivity contribution in [3.05, 3.63) is 30.1 Å². The monoisotopic (exact) mass is 265 g/mol. The quantitative estimate of drug-likeness (QED) is 0.632. The number of anilines is 1. The Balaban J connectivity index is 2.46. The molecule has 0 fully saturated rings. The molecule has 0 atom stereocenters. The van der Waals surface area contributed by atoms with Crippen molar-refractivity contribution in [3.63, 3.8) is 0 Å². The molecule has 0 saturated carbocycles. The number of carbonyl (C=O) groups is 2. The molecule has 5 nitrogen and oxygen atoms in total. The molecule has 0 heterocycles. The molecule has 6 heteroatoms. The van der Waals surface area contributed by atoms with Gasteiger partial charge in [-0.3, -0.25) is 9.59 Å². The van der Waals surface area contributed by atoms with Gasteiger partial charge in [-0.25, -0.2) is 9.82 Å². The lowest BCUT2D eigenvalue weighted by molar-refractivity contribution is -0.121. The van der Waals surface area contributed by atoms with Gasteiger partial charge in [-0.15, -0.1) is 0 Å². The van der Waals surface area contributed by atoms with E-state index in [1.165, 1.54) is 24.3 Å². The molecule has 0 aliphatic rings. The van der Waals surface area contributed by atoms with Crippen LogP contribution in [0, 0.1) is 5.82 Å². The fourth-order valence-electron chi connectivity index (χ4n) is 1.25. The summed E-state index contributed by atoms with van der Waals surface area (Å²) in [7, 11) is 0. The van der Waals surface area contributed by atoms with Crippen molar-refractivity contribution in [2.45, 2.75) is 26.7 Å². The summed E-state index contributed by atoms with van der Waals surface area (Å²) >= 11 is 0. The van der Waals surface area contributed by atoms with Crippen LogP contribution in [0.3, 0.4) is 0 Å². The number of benzene rings is 1. The molecule has 0 aliphatic heterocycles. The van der Waals surface area contributed by atoms with Gasteiger partial charge in [0.25, 0.3) is 0 Å². The van der Waals surface area contributed by atoms with Crippen LogP contribution in [0.15, 0.2) is 29.4 Å². The summed E-state index contributed by atoms with van der Waals surface area (Å²) < 4.78 is 12.7. The highest BCUT2D eigenvalue weighted by atomic mass is 19.1. The van der Waals surface area contributed by atoms with Crippen LogP contribution in [0.25, 0.3) is 0 Å². The standard InChI is InChI=1S/C13H16FN3O2/c1-3-12(18)17-16-9(2)8-13(19)15-11-6-4-10(14)5-7-11/h4-7H,3,8H2,1-2H3,(H,15,19)(H,17,18)/b16-9+. The van der Waals surface area contributed by atoms with E-state index in [2.05, 4.69) is 15.8 Å². The first kappa shape index (κ1) is 14.8. The molecular formula is C13H16FN3O2. The number of halogens is 1. The minimum atomic E-state index is -0.363. The highest BCUT2D eigenvalue weighted by Gasteiger charge is 2.05. The summed E-state index contributed by atoms with van der Waals surface area (Å²) in [4.78, 5) is 22.6. The molecular weight excluding hydrogens is 249 g/mol. The van der Waals surface area contributed by atoms with Gasteiger partial charge in [-0.1, -0.05) is 6.92 Å². The largest absolute Gasteiger partial charge is 0.326 e. The van der Waals surface area contributed by atoms with Gasteiger partial charge in [-0.2, -0.15) is 5.10 Å². The molecule has 102 valence electrons. The van der Waals surface area contributed by atoms with E-state index in [0.717, 1.165) is 0 Å². The van der Waals surface area contributed by atoms with E-state index in [-0.39, 0.29) is 24.1 Å². The van der Waals surface area contributed by atoms with Gasteiger partial charge in [0.2, 0.25) is 11.8 Å². The molecule has 1 aromatic rings. The van der Waals surface area contributed by atoms with E-state index in [9.17, 15) is 14.0 Å². The van der Waals surface area contributed by atoms with E-state index in [4.69, 9.17) is 0 Å². The Labute approximate surface area is 110 Å². The average molecular weight is 265 g/mol. The topological polar surface area (TPSA) is 70.6 Å². The predicted octanol–water partition coefficient (Wildman–Crippen LogP) is 2.06. The minimum Gasteiger partial charge on any atom is -0.326 e. The van der Waals surface area contributed by atoms with Crippen molar-refractivity contribution in [1.82, 2.24) is 5.43 Å². The number of hydrogen-bond acceptors (Lipinski definition) is 3. The fraction of sp³-hybridized carbons (Fsp3) is 0.308. The van der Waals surface area contributed by atoms with Crippen molar-refractivity contribution in [1.29, 1.82) is 0 Å². The number of hydrazone groups is 1. The normalized spacial score (nSPS) is 11.0. The Morgan fingerprint density at radius 2 is 1.84 bits per heavy atom. The zero-order valence-electron chi connectivity index (χ0n) is 10.9. The van der Waals surface area contributed by atoms with Gasteiger partial charge in [0.05, 0.1) is 6.42 Å². The lowest BCUT2D eigenvalue weighted by atomic mass is 10.2. The molecule has 0 aromatic heterocycles. The Hall–Kier alpha value is -2.24. The van der Waals surface area contributed by atoms with E-state index in [0.29, 0.717) is 17.8 Å². The van der Waals surface area contributed by atoms with E-state index in [1.807, 2.05) is 0 Å². The molecule has 0 spiro atoms. The number of hydrogen-bond donors (Lipinski definition) is 2. The molecule has 2 amide bonds. The van der Waals surface area contributed by atoms with Crippen LogP contribution in [0.5, 0.6) is 0 Å². The maximum atomic E-state index is 12.7. The average Bonchev–Trinajstić information content (AvgIpc) is 2.38.